The van der Waals surface area contributed by atoms with Crippen LogP contribution >= 0.6 is 0 Å². The highest BCUT2D eigenvalue weighted by Crippen LogP contribution is 2.42. The van der Waals surface area contributed by atoms with Crippen LogP contribution in [-0.4, -0.2) is 70.2 Å². The maximum Gasteiger partial charge on any atom is 0.416 e. The summed E-state index contributed by atoms with van der Waals surface area (Å²) in [5.41, 5.74) is 0.632. The molecule has 3 aliphatic heterocycles. The van der Waals surface area contributed by atoms with Gasteiger partial charge in [-0.25, -0.2) is 19.7 Å². The number of anilines is 3. The first kappa shape index (κ1) is 27.1. The van der Waals surface area contributed by atoms with Crippen molar-refractivity contribution in [2.75, 3.05) is 41.4 Å². The second-order valence-corrected chi connectivity index (χ2v) is 10.6. The molecule has 3 aromatic rings. The molecule has 2 amide bonds. The molecule has 6 rings (SSSR count). The van der Waals surface area contributed by atoms with Crippen LogP contribution < -0.4 is 19.9 Å². The highest BCUT2D eigenvalue weighted by atomic mass is 19.4. The number of ether oxygens (including phenoxy) is 3. The number of benzene rings is 1. The van der Waals surface area contributed by atoms with Crippen LogP contribution in [0.25, 0.3) is 11.4 Å². The molecule has 14 heteroatoms. The van der Waals surface area contributed by atoms with Crippen molar-refractivity contribution < 1.29 is 32.2 Å². The zero-order chi connectivity index (χ0) is 28.9. The maximum atomic E-state index is 13.6. The molecule has 1 N–H and O–H groups in total. The molecule has 2 aromatic heterocycles. The summed E-state index contributed by atoms with van der Waals surface area (Å²) < 4.78 is 57.1. The molecule has 1 unspecified atom stereocenters. The van der Waals surface area contributed by atoms with E-state index in [1.165, 1.54) is 23.2 Å². The quantitative estimate of drug-likeness (QED) is 0.475. The van der Waals surface area contributed by atoms with Crippen LogP contribution in [0.15, 0.2) is 36.5 Å². The second-order valence-electron chi connectivity index (χ2n) is 10.6. The van der Waals surface area contributed by atoms with Crippen LogP contribution in [0.1, 0.15) is 31.5 Å². The van der Waals surface area contributed by atoms with Gasteiger partial charge in [-0.15, -0.1) is 0 Å². The molecule has 216 valence electrons. The first-order valence-electron chi connectivity index (χ1n) is 13.2. The zero-order valence-corrected chi connectivity index (χ0v) is 22.6. The summed E-state index contributed by atoms with van der Waals surface area (Å²) in [7, 11) is 0. The average Bonchev–Trinajstić information content (AvgIpc) is 3.49. The average molecular weight is 572 g/mol. The smallest absolute Gasteiger partial charge is 0.416 e. The van der Waals surface area contributed by atoms with E-state index in [0.717, 1.165) is 12.1 Å². The Labute approximate surface area is 233 Å². The summed E-state index contributed by atoms with van der Waals surface area (Å²) in [6.45, 7) is 7.27. The Morgan fingerprint density at radius 3 is 2.80 bits per heavy atom. The minimum absolute atomic E-state index is 0.0299. The van der Waals surface area contributed by atoms with E-state index in [4.69, 9.17) is 14.2 Å². The SMILES string of the molecule is Cc1nc(-c2cccc(C(F)(F)F)c2)nc2c1N1CC[C@@H](C1)N2C(=O)Nc1nccc(OCC2COC(C)(C)O2)n1. The molecular weight excluding hydrogens is 543 g/mol. The van der Waals surface area contributed by atoms with E-state index in [2.05, 4.69) is 30.2 Å². The maximum absolute atomic E-state index is 13.6. The second kappa shape index (κ2) is 10.1. The van der Waals surface area contributed by atoms with E-state index >= 15 is 0 Å². The Kier molecular flexibility index (Phi) is 6.69. The van der Waals surface area contributed by atoms with Gasteiger partial charge in [0.15, 0.2) is 17.4 Å². The van der Waals surface area contributed by atoms with Gasteiger partial charge >= 0.3 is 12.2 Å². The number of aromatic nitrogens is 4. The number of nitrogens with one attached hydrogen (secondary N) is 1. The molecule has 0 aliphatic carbocycles. The van der Waals surface area contributed by atoms with Gasteiger partial charge in [0.2, 0.25) is 11.8 Å². The van der Waals surface area contributed by atoms with Crippen molar-refractivity contribution in [3.05, 3.63) is 47.8 Å². The Morgan fingerprint density at radius 1 is 1.22 bits per heavy atom. The first-order chi connectivity index (χ1) is 19.5. The van der Waals surface area contributed by atoms with E-state index in [9.17, 15) is 18.0 Å². The lowest BCUT2D eigenvalue weighted by molar-refractivity contribution is -0.141. The molecular formula is C27H28F3N7O4. The van der Waals surface area contributed by atoms with Crippen LogP contribution in [0.3, 0.4) is 0 Å². The molecule has 5 heterocycles. The van der Waals surface area contributed by atoms with Gasteiger partial charge < -0.3 is 19.1 Å². The van der Waals surface area contributed by atoms with Gasteiger partial charge in [-0.05, 0) is 39.3 Å². The Balaban J connectivity index is 1.25. The third kappa shape index (κ3) is 5.48. The van der Waals surface area contributed by atoms with Crippen LogP contribution in [0.4, 0.5) is 35.4 Å². The Morgan fingerprint density at radius 2 is 2.05 bits per heavy atom. The zero-order valence-electron chi connectivity index (χ0n) is 22.6. The summed E-state index contributed by atoms with van der Waals surface area (Å²) in [5.74, 6) is 0.0228. The summed E-state index contributed by atoms with van der Waals surface area (Å²) in [6, 6.07) is 5.68. The number of carbonyl (C=O) groups is 1. The number of hydrogen-bond donors (Lipinski definition) is 1. The predicted octanol–water partition coefficient (Wildman–Crippen LogP) is 4.42. The number of halogens is 3. The van der Waals surface area contributed by atoms with Gasteiger partial charge in [-0.2, -0.15) is 18.2 Å². The summed E-state index contributed by atoms with van der Waals surface area (Å²) in [6.07, 6.45) is -2.62. The highest BCUT2D eigenvalue weighted by molar-refractivity contribution is 6.04. The number of carbonyl (C=O) groups excluding carboxylic acids is 1. The van der Waals surface area contributed by atoms with Crippen molar-refractivity contribution in [2.45, 2.75) is 51.3 Å². The minimum atomic E-state index is -4.51. The minimum Gasteiger partial charge on any atom is -0.475 e. The van der Waals surface area contributed by atoms with Gasteiger partial charge in [-0.1, -0.05) is 12.1 Å². The summed E-state index contributed by atoms with van der Waals surface area (Å²) >= 11 is 0. The number of nitrogens with zero attached hydrogens (tertiary/aromatic N) is 6. The van der Waals surface area contributed by atoms with Gasteiger partial charge in [0.05, 0.1) is 23.9 Å². The molecule has 2 fully saturated rings. The molecule has 2 bridgehead atoms. The van der Waals surface area contributed by atoms with Crippen molar-refractivity contribution >= 4 is 23.5 Å². The third-order valence-corrected chi connectivity index (χ3v) is 7.11. The van der Waals surface area contributed by atoms with E-state index in [1.54, 1.807) is 13.0 Å². The molecule has 0 saturated carbocycles. The topological polar surface area (TPSA) is 115 Å². The van der Waals surface area contributed by atoms with Crippen LogP contribution in [0.5, 0.6) is 5.88 Å². The lowest BCUT2D eigenvalue weighted by Gasteiger charge is -2.36. The van der Waals surface area contributed by atoms with Crippen LogP contribution in [0.2, 0.25) is 0 Å². The highest BCUT2D eigenvalue weighted by Gasteiger charge is 2.42. The van der Waals surface area contributed by atoms with Gasteiger partial charge in [-0.3, -0.25) is 10.2 Å². The first-order valence-corrected chi connectivity index (χ1v) is 13.2. The number of aryl methyl sites for hydroxylation is 1. The predicted molar refractivity (Wildman–Crippen MR) is 142 cm³/mol. The lowest BCUT2D eigenvalue weighted by Crippen LogP contribution is -2.48. The summed E-state index contributed by atoms with van der Waals surface area (Å²) in [5, 5.41) is 2.73. The Hall–Kier alpha value is -4.04. The molecule has 41 heavy (non-hydrogen) atoms. The fourth-order valence-electron chi connectivity index (χ4n) is 5.31. The summed E-state index contributed by atoms with van der Waals surface area (Å²) in [4.78, 5) is 34.8. The van der Waals surface area contributed by atoms with Gasteiger partial charge in [0.1, 0.15) is 18.4 Å². The number of hydrogen-bond acceptors (Lipinski definition) is 9. The monoisotopic (exact) mass is 571 g/mol. The number of alkyl halides is 3. The third-order valence-electron chi connectivity index (χ3n) is 7.11. The van der Waals surface area contributed by atoms with E-state index in [1.807, 2.05) is 13.8 Å². The van der Waals surface area contributed by atoms with E-state index in [-0.39, 0.29) is 42.0 Å². The van der Waals surface area contributed by atoms with Crippen molar-refractivity contribution in [1.29, 1.82) is 0 Å². The molecule has 11 nitrogen and oxygen atoms in total. The fourth-order valence-corrected chi connectivity index (χ4v) is 5.31. The van der Waals surface area contributed by atoms with Crippen molar-refractivity contribution in [1.82, 2.24) is 19.9 Å². The lowest BCUT2D eigenvalue weighted by atomic mass is 10.1. The standard InChI is InChI=1S/C27H28F3N7O4/c1-15-21-23(34-22(32-15)16-5-4-6-17(11-16)27(28,29)30)37(18-8-10-36(21)12-18)25(38)35-24-31-9-7-20(33-24)39-13-19-14-40-26(2,3)41-19/h4-7,9,11,18-19H,8,10,12-14H2,1-3H3,(H,31,33,35,38)/t18-,19?/m0/s1. The number of urea groups is 1. The van der Waals surface area contributed by atoms with Crippen molar-refractivity contribution in [3.63, 3.8) is 0 Å². The van der Waals surface area contributed by atoms with Gasteiger partial charge in [0, 0.05) is 30.9 Å². The van der Waals surface area contributed by atoms with E-state index in [0.29, 0.717) is 43.3 Å². The number of amides is 2. The fraction of sp³-hybridized carbons (Fsp3) is 0.444. The van der Waals surface area contributed by atoms with Gasteiger partial charge in [0.25, 0.3) is 0 Å². The molecule has 2 saturated heterocycles. The molecule has 0 radical (unpaired) electrons. The Bertz CT molecular complexity index is 1490. The van der Waals surface area contributed by atoms with Crippen molar-refractivity contribution in [2.24, 2.45) is 0 Å². The largest absolute Gasteiger partial charge is 0.475 e. The molecule has 2 atom stereocenters. The number of fused-ring (bicyclic) bond motifs is 4. The van der Waals surface area contributed by atoms with Crippen molar-refractivity contribution in [3.8, 4) is 17.3 Å². The van der Waals surface area contributed by atoms with Crippen LogP contribution in [0, 0.1) is 6.92 Å². The van der Waals surface area contributed by atoms with E-state index < -0.39 is 23.6 Å². The normalized spacial score (nSPS) is 21.1. The number of rotatable bonds is 5. The molecule has 1 aromatic carbocycles. The molecule has 0 spiro atoms. The molecule has 3 aliphatic rings. The van der Waals surface area contributed by atoms with Crippen LogP contribution in [-0.2, 0) is 15.7 Å².